The predicted molar refractivity (Wildman–Crippen MR) is 49.6 cm³/mol. The van der Waals surface area contributed by atoms with Crippen molar-refractivity contribution in [2.45, 2.75) is 13.8 Å². The summed E-state index contributed by atoms with van der Waals surface area (Å²) in [7, 11) is 0. The Hall–Kier alpha value is -1.31. The summed E-state index contributed by atoms with van der Waals surface area (Å²) >= 11 is 0. The Kier molecular flexibility index (Phi) is 2.86. The maximum absolute atomic E-state index is 7.50. The molecule has 0 fully saturated rings. The zero-order chi connectivity index (χ0) is 8.97. The van der Waals surface area contributed by atoms with Gasteiger partial charge in [0.2, 0.25) is 5.90 Å². The van der Waals surface area contributed by atoms with Gasteiger partial charge < -0.3 is 4.74 Å². The van der Waals surface area contributed by atoms with Gasteiger partial charge in [-0.25, -0.2) is 0 Å². The lowest BCUT2D eigenvalue weighted by atomic mass is 10.1. The molecule has 0 spiro atoms. The molecule has 0 aromatic heterocycles. The van der Waals surface area contributed by atoms with Gasteiger partial charge in [-0.2, -0.15) is 0 Å². The van der Waals surface area contributed by atoms with Crippen LogP contribution in [-0.4, -0.2) is 12.5 Å². The molecule has 1 N–H and O–H groups in total. The summed E-state index contributed by atoms with van der Waals surface area (Å²) < 4.78 is 5.07. The number of rotatable bonds is 2. The van der Waals surface area contributed by atoms with E-state index in [2.05, 4.69) is 0 Å². The Bertz CT molecular complexity index is 281. The van der Waals surface area contributed by atoms with Crippen LogP contribution in [0.1, 0.15) is 18.1 Å². The van der Waals surface area contributed by atoms with Crippen LogP contribution in [0.25, 0.3) is 0 Å². The lowest BCUT2D eigenvalue weighted by molar-refractivity contribution is 0.325. The van der Waals surface area contributed by atoms with Gasteiger partial charge in [0.25, 0.3) is 0 Å². The third-order valence-electron chi connectivity index (χ3n) is 1.57. The maximum atomic E-state index is 7.50. The molecule has 0 atom stereocenters. The number of aryl methyl sites for hydroxylation is 1. The van der Waals surface area contributed by atoms with Gasteiger partial charge in [0.15, 0.2) is 0 Å². The van der Waals surface area contributed by atoms with E-state index in [1.54, 1.807) is 0 Å². The van der Waals surface area contributed by atoms with Crippen molar-refractivity contribution in [2.75, 3.05) is 6.61 Å². The molecule has 1 aromatic carbocycles. The average Bonchev–Trinajstić information content (AvgIpc) is 2.05. The Balaban J connectivity index is 2.81. The quantitative estimate of drug-likeness (QED) is 0.527. The van der Waals surface area contributed by atoms with E-state index in [4.69, 9.17) is 10.1 Å². The van der Waals surface area contributed by atoms with Gasteiger partial charge in [-0.05, 0) is 26.0 Å². The zero-order valence-corrected chi connectivity index (χ0v) is 7.42. The van der Waals surface area contributed by atoms with Crippen LogP contribution >= 0.6 is 0 Å². The first kappa shape index (κ1) is 8.78. The van der Waals surface area contributed by atoms with Crippen molar-refractivity contribution in [3.05, 3.63) is 35.4 Å². The molecule has 0 saturated heterocycles. The van der Waals surface area contributed by atoms with E-state index in [1.807, 2.05) is 38.1 Å². The molecule has 2 heteroatoms. The summed E-state index contributed by atoms with van der Waals surface area (Å²) in [6, 6.07) is 7.75. The van der Waals surface area contributed by atoms with Crippen molar-refractivity contribution in [1.29, 1.82) is 5.41 Å². The first-order valence-corrected chi connectivity index (χ1v) is 4.02. The zero-order valence-electron chi connectivity index (χ0n) is 7.42. The molecule has 1 aromatic rings. The molecule has 0 radical (unpaired) electrons. The summed E-state index contributed by atoms with van der Waals surface area (Å²) in [5.41, 5.74) is 1.99. The van der Waals surface area contributed by atoms with E-state index >= 15 is 0 Å². The third kappa shape index (κ3) is 2.09. The molecule has 0 heterocycles. The fraction of sp³-hybridized carbons (Fsp3) is 0.300. The number of hydrogen-bond acceptors (Lipinski definition) is 2. The van der Waals surface area contributed by atoms with Gasteiger partial charge in [0.1, 0.15) is 0 Å². The number of nitrogens with one attached hydrogen (secondary N) is 1. The molecule has 2 nitrogen and oxygen atoms in total. The first-order valence-electron chi connectivity index (χ1n) is 4.02. The first-order chi connectivity index (χ1) is 5.74. The van der Waals surface area contributed by atoms with Gasteiger partial charge >= 0.3 is 0 Å². The van der Waals surface area contributed by atoms with Gasteiger partial charge in [-0.15, -0.1) is 0 Å². The molecule has 0 unspecified atom stereocenters. The highest BCUT2D eigenvalue weighted by molar-refractivity contribution is 5.91. The fourth-order valence-corrected chi connectivity index (χ4v) is 1.01. The third-order valence-corrected chi connectivity index (χ3v) is 1.57. The number of ether oxygens (including phenoxy) is 1. The molecule has 0 aliphatic carbocycles. The van der Waals surface area contributed by atoms with Crippen molar-refractivity contribution < 1.29 is 4.74 Å². The van der Waals surface area contributed by atoms with Gasteiger partial charge in [0, 0.05) is 5.56 Å². The molecular formula is C10H13NO. The summed E-state index contributed by atoms with van der Waals surface area (Å²) in [6.07, 6.45) is 0. The van der Waals surface area contributed by atoms with Crippen LogP contribution in [0.4, 0.5) is 0 Å². The predicted octanol–water partition coefficient (Wildman–Crippen LogP) is 2.36. The van der Waals surface area contributed by atoms with E-state index in [-0.39, 0.29) is 5.90 Å². The van der Waals surface area contributed by atoms with Crippen LogP contribution in [0.3, 0.4) is 0 Å². The van der Waals surface area contributed by atoms with Crippen molar-refractivity contribution >= 4 is 5.90 Å². The molecule has 0 aliphatic rings. The second-order valence-corrected chi connectivity index (χ2v) is 2.63. The second kappa shape index (κ2) is 3.90. The summed E-state index contributed by atoms with van der Waals surface area (Å²) in [5.74, 6) is 0.251. The van der Waals surface area contributed by atoms with Crippen LogP contribution in [0.2, 0.25) is 0 Å². The Morgan fingerprint density at radius 1 is 1.50 bits per heavy atom. The SMILES string of the molecule is CCOC(=N)c1cccc(C)c1. The minimum atomic E-state index is 0.251. The molecule has 0 amide bonds. The fourth-order valence-electron chi connectivity index (χ4n) is 1.01. The van der Waals surface area contributed by atoms with E-state index in [9.17, 15) is 0 Å². The van der Waals surface area contributed by atoms with Crippen molar-refractivity contribution in [3.8, 4) is 0 Å². The summed E-state index contributed by atoms with van der Waals surface area (Å²) in [5, 5.41) is 7.50. The van der Waals surface area contributed by atoms with Gasteiger partial charge in [-0.1, -0.05) is 17.7 Å². The van der Waals surface area contributed by atoms with Gasteiger partial charge in [-0.3, -0.25) is 5.41 Å². The molecule has 12 heavy (non-hydrogen) atoms. The molecule has 64 valence electrons. The highest BCUT2D eigenvalue weighted by Crippen LogP contribution is 2.04. The molecule has 0 aliphatic heterocycles. The maximum Gasteiger partial charge on any atom is 0.213 e. The smallest absolute Gasteiger partial charge is 0.213 e. The largest absolute Gasteiger partial charge is 0.478 e. The van der Waals surface area contributed by atoms with E-state index in [0.717, 1.165) is 11.1 Å². The van der Waals surface area contributed by atoms with E-state index < -0.39 is 0 Å². The van der Waals surface area contributed by atoms with Crippen LogP contribution in [0.5, 0.6) is 0 Å². The van der Waals surface area contributed by atoms with Crippen LogP contribution < -0.4 is 0 Å². The lowest BCUT2D eigenvalue weighted by Gasteiger charge is -2.04. The molecule has 0 saturated carbocycles. The molecular weight excluding hydrogens is 150 g/mol. The monoisotopic (exact) mass is 163 g/mol. The summed E-state index contributed by atoms with van der Waals surface area (Å²) in [4.78, 5) is 0. The topological polar surface area (TPSA) is 33.1 Å². The molecule has 1 rings (SSSR count). The van der Waals surface area contributed by atoms with Crippen LogP contribution in [0.15, 0.2) is 24.3 Å². The van der Waals surface area contributed by atoms with Crippen LogP contribution in [-0.2, 0) is 4.74 Å². The van der Waals surface area contributed by atoms with E-state index in [0.29, 0.717) is 6.61 Å². The normalized spacial score (nSPS) is 9.50. The van der Waals surface area contributed by atoms with Crippen molar-refractivity contribution in [2.24, 2.45) is 0 Å². The summed E-state index contributed by atoms with van der Waals surface area (Å²) in [6.45, 7) is 4.43. The Morgan fingerprint density at radius 2 is 2.25 bits per heavy atom. The van der Waals surface area contributed by atoms with E-state index in [1.165, 1.54) is 0 Å². The lowest BCUT2D eigenvalue weighted by Crippen LogP contribution is -2.04. The van der Waals surface area contributed by atoms with Crippen molar-refractivity contribution in [1.82, 2.24) is 0 Å². The standard InChI is InChI=1S/C10H13NO/c1-3-12-10(11)9-6-4-5-8(2)7-9/h4-7,11H,3H2,1-2H3. The van der Waals surface area contributed by atoms with Gasteiger partial charge in [0.05, 0.1) is 6.61 Å². The number of hydrogen-bond donors (Lipinski definition) is 1. The average molecular weight is 163 g/mol. The highest BCUT2D eigenvalue weighted by Gasteiger charge is 1.99. The Labute approximate surface area is 72.7 Å². The molecule has 0 bridgehead atoms. The minimum Gasteiger partial charge on any atom is -0.478 e. The van der Waals surface area contributed by atoms with Crippen molar-refractivity contribution in [3.63, 3.8) is 0 Å². The highest BCUT2D eigenvalue weighted by atomic mass is 16.5. The minimum absolute atomic E-state index is 0.251. The number of benzene rings is 1. The second-order valence-electron chi connectivity index (χ2n) is 2.63. The Morgan fingerprint density at radius 3 is 2.83 bits per heavy atom. The van der Waals surface area contributed by atoms with Crippen LogP contribution in [0, 0.1) is 12.3 Å².